The fourth-order valence-corrected chi connectivity index (χ4v) is 2.72. The van der Waals surface area contributed by atoms with Crippen molar-refractivity contribution < 1.29 is 4.79 Å². The van der Waals surface area contributed by atoms with Gasteiger partial charge in [0.05, 0.1) is 0 Å². The van der Waals surface area contributed by atoms with Gasteiger partial charge >= 0.3 is 0 Å². The zero-order valence-electron chi connectivity index (χ0n) is 14.3. The topological polar surface area (TPSA) is 32.3 Å². The third-order valence-electron chi connectivity index (χ3n) is 4.16. The van der Waals surface area contributed by atoms with E-state index in [2.05, 4.69) is 41.9 Å². The summed E-state index contributed by atoms with van der Waals surface area (Å²) in [6.07, 6.45) is 14.5. The number of piperidine rings is 1. The van der Waals surface area contributed by atoms with Crippen LogP contribution < -0.4 is 5.32 Å². The standard InChI is InChI=1S/C19H32N2O/c1-4-7-8-10-17(5-2)11-9-14-21-15-12-18(13-16-21)20-19(22)6-3/h5,7-8,10,18H,2,4,6,9,11-16H2,1,3H3,(H,20,22)/b8-7-,17-10+. The highest BCUT2D eigenvalue weighted by Crippen LogP contribution is 2.13. The van der Waals surface area contributed by atoms with Crippen LogP contribution in [0.25, 0.3) is 0 Å². The lowest BCUT2D eigenvalue weighted by Crippen LogP contribution is -2.44. The van der Waals surface area contributed by atoms with Crippen molar-refractivity contribution in [3.05, 3.63) is 36.5 Å². The maximum Gasteiger partial charge on any atom is 0.219 e. The number of rotatable bonds is 9. The van der Waals surface area contributed by atoms with Crippen LogP contribution in [0.4, 0.5) is 0 Å². The second-order valence-corrected chi connectivity index (χ2v) is 5.92. The summed E-state index contributed by atoms with van der Waals surface area (Å²) >= 11 is 0. The van der Waals surface area contributed by atoms with Gasteiger partial charge in [0.25, 0.3) is 0 Å². The van der Waals surface area contributed by atoms with Crippen LogP contribution in [0.3, 0.4) is 0 Å². The molecule has 1 saturated heterocycles. The zero-order valence-corrected chi connectivity index (χ0v) is 14.3. The molecule has 1 rings (SSSR count). The van der Waals surface area contributed by atoms with Gasteiger partial charge in [-0.15, -0.1) is 0 Å². The molecule has 0 atom stereocenters. The summed E-state index contributed by atoms with van der Waals surface area (Å²) < 4.78 is 0. The molecule has 0 spiro atoms. The van der Waals surface area contributed by atoms with E-state index in [1.807, 2.05) is 13.0 Å². The van der Waals surface area contributed by atoms with Crippen molar-refractivity contribution in [3.63, 3.8) is 0 Å². The molecule has 0 unspecified atom stereocenters. The average molecular weight is 304 g/mol. The molecule has 1 heterocycles. The molecular weight excluding hydrogens is 272 g/mol. The van der Waals surface area contributed by atoms with Gasteiger partial charge in [-0.05, 0) is 44.2 Å². The van der Waals surface area contributed by atoms with Crippen molar-refractivity contribution in [2.24, 2.45) is 0 Å². The van der Waals surface area contributed by atoms with Gasteiger partial charge < -0.3 is 10.2 Å². The Hall–Kier alpha value is -1.35. The Bertz CT molecular complexity index is 390. The van der Waals surface area contributed by atoms with E-state index in [9.17, 15) is 4.79 Å². The fraction of sp³-hybridized carbons (Fsp3) is 0.632. The summed E-state index contributed by atoms with van der Waals surface area (Å²) in [5, 5.41) is 3.11. The molecule has 0 radical (unpaired) electrons. The molecule has 1 fully saturated rings. The number of hydrogen-bond acceptors (Lipinski definition) is 2. The van der Waals surface area contributed by atoms with E-state index < -0.39 is 0 Å². The lowest BCUT2D eigenvalue weighted by Gasteiger charge is -2.32. The first kappa shape index (κ1) is 18.7. The van der Waals surface area contributed by atoms with Crippen molar-refractivity contribution in [2.75, 3.05) is 19.6 Å². The van der Waals surface area contributed by atoms with Gasteiger partial charge in [0.2, 0.25) is 5.91 Å². The Morgan fingerprint density at radius 2 is 2.05 bits per heavy atom. The smallest absolute Gasteiger partial charge is 0.219 e. The Kier molecular flexibility index (Phi) is 9.56. The first-order valence-electron chi connectivity index (χ1n) is 8.69. The molecule has 0 aromatic carbocycles. The molecule has 22 heavy (non-hydrogen) atoms. The van der Waals surface area contributed by atoms with E-state index in [0.717, 1.165) is 45.3 Å². The third kappa shape index (κ3) is 7.60. The van der Waals surface area contributed by atoms with Crippen LogP contribution in [0.15, 0.2) is 36.5 Å². The molecular formula is C19H32N2O. The molecule has 3 heteroatoms. The SMILES string of the molecule is C=C/C(=C\C=C/CC)CCCN1CCC(NC(=O)CC)CC1. The normalized spacial score (nSPS) is 17.8. The minimum Gasteiger partial charge on any atom is -0.353 e. The first-order chi connectivity index (χ1) is 10.7. The van der Waals surface area contributed by atoms with Crippen LogP contribution in [0, 0.1) is 0 Å². The quantitative estimate of drug-likeness (QED) is 0.656. The van der Waals surface area contributed by atoms with E-state index in [1.54, 1.807) is 0 Å². The van der Waals surface area contributed by atoms with Crippen LogP contribution >= 0.6 is 0 Å². The number of nitrogens with zero attached hydrogens (tertiary/aromatic N) is 1. The van der Waals surface area contributed by atoms with Gasteiger partial charge in [-0.1, -0.05) is 44.7 Å². The Balaban J connectivity index is 2.21. The molecule has 1 amide bonds. The van der Waals surface area contributed by atoms with Gasteiger partial charge in [-0.2, -0.15) is 0 Å². The summed E-state index contributed by atoms with van der Waals surface area (Å²) in [4.78, 5) is 13.9. The minimum atomic E-state index is 0.180. The number of carbonyl (C=O) groups is 1. The van der Waals surface area contributed by atoms with Crippen LogP contribution in [-0.2, 0) is 4.79 Å². The van der Waals surface area contributed by atoms with Gasteiger partial charge in [-0.25, -0.2) is 0 Å². The van der Waals surface area contributed by atoms with Gasteiger partial charge in [0.1, 0.15) is 0 Å². The molecule has 0 aromatic rings. The maximum atomic E-state index is 11.4. The molecule has 1 N–H and O–H groups in total. The summed E-state index contributed by atoms with van der Waals surface area (Å²) in [6, 6.07) is 0.381. The van der Waals surface area contributed by atoms with Crippen LogP contribution in [0.1, 0.15) is 52.4 Å². The number of likely N-dealkylation sites (tertiary alicyclic amines) is 1. The van der Waals surface area contributed by atoms with E-state index in [-0.39, 0.29) is 5.91 Å². The number of carbonyl (C=O) groups excluding carboxylic acids is 1. The molecule has 3 nitrogen and oxygen atoms in total. The predicted octanol–water partition coefficient (Wildman–Crippen LogP) is 3.84. The van der Waals surface area contributed by atoms with E-state index in [4.69, 9.17) is 0 Å². The van der Waals surface area contributed by atoms with Crippen LogP contribution in [0.5, 0.6) is 0 Å². The summed E-state index contributed by atoms with van der Waals surface area (Å²) in [7, 11) is 0. The molecule has 124 valence electrons. The first-order valence-corrected chi connectivity index (χ1v) is 8.69. The summed E-state index contributed by atoms with van der Waals surface area (Å²) in [6.45, 7) is 11.3. The lowest BCUT2D eigenvalue weighted by atomic mass is 10.0. The lowest BCUT2D eigenvalue weighted by molar-refractivity contribution is -0.121. The van der Waals surface area contributed by atoms with E-state index in [1.165, 1.54) is 12.0 Å². The molecule has 0 saturated carbocycles. The van der Waals surface area contributed by atoms with Gasteiger partial charge in [0, 0.05) is 25.6 Å². The zero-order chi connectivity index (χ0) is 16.2. The van der Waals surface area contributed by atoms with Crippen molar-refractivity contribution >= 4 is 5.91 Å². The van der Waals surface area contributed by atoms with Crippen LogP contribution in [-0.4, -0.2) is 36.5 Å². The molecule has 1 aliphatic heterocycles. The van der Waals surface area contributed by atoms with E-state index >= 15 is 0 Å². The second kappa shape index (κ2) is 11.2. The number of amides is 1. The average Bonchev–Trinajstić information content (AvgIpc) is 2.55. The Morgan fingerprint density at radius 1 is 1.32 bits per heavy atom. The second-order valence-electron chi connectivity index (χ2n) is 5.92. The highest BCUT2D eigenvalue weighted by atomic mass is 16.1. The highest BCUT2D eigenvalue weighted by Gasteiger charge is 2.19. The monoisotopic (exact) mass is 304 g/mol. The number of hydrogen-bond donors (Lipinski definition) is 1. The highest BCUT2D eigenvalue weighted by molar-refractivity contribution is 5.75. The summed E-state index contributed by atoms with van der Waals surface area (Å²) in [5.41, 5.74) is 1.31. The summed E-state index contributed by atoms with van der Waals surface area (Å²) in [5.74, 6) is 0.180. The van der Waals surface area contributed by atoms with Gasteiger partial charge in [0.15, 0.2) is 0 Å². The molecule has 0 aliphatic carbocycles. The maximum absolute atomic E-state index is 11.4. The van der Waals surface area contributed by atoms with E-state index in [0.29, 0.717) is 12.5 Å². The molecule has 0 aromatic heterocycles. The largest absolute Gasteiger partial charge is 0.353 e. The van der Waals surface area contributed by atoms with Crippen molar-refractivity contribution in [1.29, 1.82) is 0 Å². The number of allylic oxidation sites excluding steroid dienone is 5. The van der Waals surface area contributed by atoms with Crippen LogP contribution in [0.2, 0.25) is 0 Å². The van der Waals surface area contributed by atoms with Crippen molar-refractivity contribution in [3.8, 4) is 0 Å². The Labute approximate surface area is 136 Å². The fourth-order valence-electron chi connectivity index (χ4n) is 2.72. The molecule has 1 aliphatic rings. The predicted molar refractivity (Wildman–Crippen MR) is 94.8 cm³/mol. The Morgan fingerprint density at radius 3 is 2.64 bits per heavy atom. The number of nitrogens with one attached hydrogen (secondary N) is 1. The van der Waals surface area contributed by atoms with Crippen molar-refractivity contribution in [2.45, 2.75) is 58.4 Å². The third-order valence-corrected chi connectivity index (χ3v) is 4.16. The molecule has 0 bridgehead atoms. The van der Waals surface area contributed by atoms with Crippen molar-refractivity contribution in [1.82, 2.24) is 10.2 Å². The van der Waals surface area contributed by atoms with Gasteiger partial charge in [-0.3, -0.25) is 4.79 Å². The minimum absolute atomic E-state index is 0.180.